The van der Waals surface area contributed by atoms with Crippen LogP contribution in [0.2, 0.25) is 5.02 Å². The number of hydrogen-bond acceptors (Lipinski definition) is 9. The minimum atomic E-state index is -0.803. The van der Waals surface area contributed by atoms with Crippen LogP contribution in [-0.4, -0.2) is 76.3 Å². The van der Waals surface area contributed by atoms with E-state index in [1.165, 1.54) is 17.2 Å². The number of nitrogens with zero attached hydrogens (tertiary/aromatic N) is 6. The van der Waals surface area contributed by atoms with Crippen LogP contribution >= 0.6 is 11.6 Å². The van der Waals surface area contributed by atoms with Gasteiger partial charge < -0.3 is 24.6 Å². The van der Waals surface area contributed by atoms with Gasteiger partial charge in [0.25, 0.3) is 0 Å². The highest BCUT2D eigenvalue weighted by atomic mass is 35.5. The summed E-state index contributed by atoms with van der Waals surface area (Å²) < 4.78 is 42.5. The molecule has 1 aliphatic rings. The number of pyridine rings is 1. The van der Waals surface area contributed by atoms with E-state index in [-0.39, 0.29) is 90.0 Å². The fraction of sp³-hybridized carbons (Fsp3) is 0.412. The average Bonchev–Trinajstić information content (AvgIpc) is 3.04. The first-order chi connectivity index (χ1) is 22.8. The van der Waals surface area contributed by atoms with Gasteiger partial charge in [-0.2, -0.15) is 15.2 Å². The van der Waals surface area contributed by atoms with Crippen LogP contribution < -0.4 is 15.0 Å². The molecule has 0 unspecified atom stereocenters. The zero-order chi connectivity index (χ0) is 34.7. The highest BCUT2D eigenvalue weighted by Gasteiger charge is 2.35. The standard InChI is InChI=1S/C34H36ClF2N7O4/c1-19(2)31(45)39-13-16-47-32-41-29-23(17-40-28(27(29)37)22-8-6-7-20-9-10-24(36)26(35)25(20)22)30(42-32)43-14-15-44(21(18-43)11-12-38)33(46)48-34(3,4)5/h6-10,17,19,21H,11,13-16,18H2,1-5H3,(H,39,45)/t21-/m0/s1. The van der Waals surface area contributed by atoms with Crippen LogP contribution in [0.1, 0.15) is 41.0 Å². The van der Waals surface area contributed by atoms with Crippen LogP contribution in [-0.2, 0) is 9.53 Å². The van der Waals surface area contributed by atoms with E-state index in [1.807, 2.05) is 4.90 Å². The molecule has 14 heteroatoms. The van der Waals surface area contributed by atoms with E-state index in [2.05, 4.69) is 26.3 Å². The third-order valence-corrected chi connectivity index (χ3v) is 8.10. The van der Waals surface area contributed by atoms with E-state index >= 15 is 4.39 Å². The molecule has 0 spiro atoms. The molecule has 2 amide bonds. The minimum Gasteiger partial charge on any atom is -0.462 e. The largest absolute Gasteiger partial charge is 0.462 e. The van der Waals surface area contributed by atoms with Gasteiger partial charge in [-0.15, -0.1) is 0 Å². The summed E-state index contributed by atoms with van der Waals surface area (Å²) in [4.78, 5) is 41.8. The maximum atomic E-state index is 16.6. The van der Waals surface area contributed by atoms with E-state index in [9.17, 15) is 19.2 Å². The number of nitrogens with one attached hydrogen (secondary N) is 1. The second kappa shape index (κ2) is 14.1. The summed E-state index contributed by atoms with van der Waals surface area (Å²) in [6.45, 7) is 9.67. The molecule has 252 valence electrons. The quantitative estimate of drug-likeness (QED) is 0.214. The molecule has 1 fully saturated rings. The van der Waals surface area contributed by atoms with Gasteiger partial charge >= 0.3 is 12.1 Å². The Balaban J connectivity index is 1.57. The summed E-state index contributed by atoms with van der Waals surface area (Å²) in [5.41, 5.74) is -0.661. The third-order valence-electron chi connectivity index (χ3n) is 7.73. The first-order valence-corrected chi connectivity index (χ1v) is 15.9. The van der Waals surface area contributed by atoms with Gasteiger partial charge in [0.1, 0.15) is 35.1 Å². The second-order valence-corrected chi connectivity index (χ2v) is 13.1. The summed E-state index contributed by atoms with van der Waals surface area (Å²) >= 11 is 6.36. The molecule has 1 atom stereocenters. The molecule has 48 heavy (non-hydrogen) atoms. The van der Waals surface area contributed by atoms with Crippen molar-refractivity contribution in [3.05, 3.63) is 53.2 Å². The first kappa shape index (κ1) is 34.5. The molecular formula is C34H36ClF2N7O4. The fourth-order valence-corrected chi connectivity index (χ4v) is 5.71. The normalized spacial score (nSPS) is 15.1. The van der Waals surface area contributed by atoms with Gasteiger partial charge in [-0.25, -0.2) is 13.6 Å². The summed E-state index contributed by atoms with van der Waals surface area (Å²) in [7, 11) is 0. The number of fused-ring (bicyclic) bond motifs is 2. The topological polar surface area (TPSA) is 134 Å². The van der Waals surface area contributed by atoms with Crippen LogP contribution in [0.3, 0.4) is 0 Å². The molecule has 0 aliphatic carbocycles. The Labute approximate surface area is 281 Å². The average molecular weight is 680 g/mol. The number of amides is 2. The van der Waals surface area contributed by atoms with Crippen LogP contribution in [0.4, 0.5) is 19.4 Å². The molecule has 5 rings (SSSR count). The van der Waals surface area contributed by atoms with Crippen molar-refractivity contribution >= 4 is 51.1 Å². The number of hydrogen-bond donors (Lipinski definition) is 1. The molecule has 2 aromatic carbocycles. The van der Waals surface area contributed by atoms with Crippen molar-refractivity contribution < 1.29 is 27.8 Å². The first-order valence-electron chi connectivity index (χ1n) is 15.5. The van der Waals surface area contributed by atoms with Crippen molar-refractivity contribution in [3.8, 4) is 23.3 Å². The van der Waals surface area contributed by atoms with Gasteiger partial charge in [0.15, 0.2) is 5.82 Å². The monoisotopic (exact) mass is 679 g/mol. The summed E-state index contributed by atoms with van der Waals surface area (Å²) in [6.07, 6.45) is 0.915. The Morgan fingerprint density at radius 2 is 1.94 bits per heavy atom. The molecule has 0 radical (unpaired) electrons. The zero-order valence-electron chi connectivity index (χ0n) is 27.3. The molecule has 11 nitrogen and oxygen atoms in total. The SMILES string of the molecule is CC(C)C(=O)NCCOc1nc(N2CCN(C(=O)OC(C)(C)C)[C@@H](CC#N)C2)c2cnc(-c3cccc4ccc(F)c(Cl)c34)c(F)c2n1. The number of nitriles is 1. The fourth-order valence-electron chi connectivity index (χ4n) is 5.43. The second-order valence-electron chi connectivity index (χ2n) is 12.7. The lowest BCUT2D eigenvalue weighted by Crippen LogP contribution is -2.56. The third kappa shape index (κ3) is 7.33. The molecule has 3 heterocycles. The number of rotatable bonds is 8. The van der Waals surface area contributed by atoms with Gasteiger partial charge in [-0.05, 0) is 32.2 Å². The van der Waals surface area contributed by atoms with E-state index in [0.717, 1.165) is 0 Å². The molecule has 1 N–H and O–H groups in total. The molecule has 2 aromatic heterocycles. The van der Waals surface area contributed by atoms with Crippen molar-refractivity contribution in [2.45, 2.75) is 52.7 Å². The lowest BCUT2D eigenvalue weighted by Gasteiger charge is -2.41. The van der Waals surface area contributed by atoms with E-state index in [4.69, 9.17) is 21.1 Å². The Hall–Kier alpha value is -4.83. The van der Waals surface area contributed by atoms with Crippen LogP contribution in [0.25, 0.3) is 32.9 Å². The lowest BCUT2D eigenvalue weighted by atomic mass is 10.0. The lowest BCUT2D eigenvalue weighted by molar-refractivity contribution is -0.124. The van der Waals surface area contributed by atoms with Gasteiger partial charge in [-0.3, -0.25) is 9.78 Å². The Kier molecular flexibility index (Phi) is 10.1. The van der Waals surface area contributed by atoms with Crippen LogP contribution in [0, 0.1) is 28.9 Å². The highest BCUT2D eigenvalue weighted by Crippen LogP contribution is 2.38. The molecule has 1 saturated heterocycles. The van der Waals surface area contributed by atoms with E-state index < -0.39 is 29.4 Å². The highest BCUT2D eigenvalue weighted by molar-refractivity contribution is 6.36. The Bertz CT molecular complexity index is 1910. The van der Waals surface area contributed by atoms with Crippen molar-refractivity contribution in [1.29, 1.82) is 5.26 Å². The molecule has 4 aromatic rings. The maximum Gasteiger partial charge on any atom is 0.410 e. The number of carbonyl (C=O) groups is 2. The number of anilines is 1. The van der Waals surface area contributed by atoms with E-state index in [1.54, 1.807) is 58.9 Å². The molecule has 0 saturated carbocycles. The van der Waals surface area contributed by atoms with Crippen molar-refractivity contribution in [3.63, 3.8) is 0 Å². The number of halogens is 3. The predicted molar refractivity (Wildman–Crippen MR) is 178 cm³/mol. The van der Waals surface area contributed by atoms with Gasteiger partial charge in [0, 0.05) is 42.7 Å². The van der Waals surface area contributed by atoms with Crippen molar-refractivity contribution in [2.24, 2.45) is 5.92 Å². The molecule has 0 bridgehead atoms. The number of aromatic nitrogens is 3. The summed E-state index contributed by atoms with van der Waals surface area (Å²) in [5.74, 6) is -1.54. The van der Waals surface area contributed by atoms with Crippen molar-refractivity contribution in [1.82, 2.24) is 25.2 Å². The van der Waals surface area contributed by atoms with Crippen LogP contribution in [0.5, 0.6) is 6.01 Å². The number of ether oxygens (including phenoxy) is 2. The number of carbonyl (C=O) groups excluding carboxylic acids is 2. The van der Waals surface area contributed by atoms with Gasteiger partial charge in [0.2, 0.25) is 5.91 Å². The molecule has 1 aliphatic heterocycles. The van der Waals surface area contributed by atoms with E-state index in [0.29, 0.717) is 10.8 Å². The van der Waals surface area contributed by atoms with Crippen LogP contribution in [0.15, 0.2) is 36.5 Å². The van der Waals surface area contributed by atoms with Gasteiger partial charge in [0.05, 0.1) is 35.5 Å². The Morgan fingerprint density at radius 1 is 1.17 bits per heavy atom. The maximum absolute atomic E-state index is 16.6. The van der Waals surface area contributed by atoms with Gasteiger partial charge in [-0.1, -0.05) is 49.7 Å². The summed E-state index contributed by atoms with van der Waals surface area (Å²) in [6, 6.07) is 9.27. The Morgan fingerprint density at radius 3 is 2.65 bits per heavy atom. The predicted octanol–water partition coefficient (Wildman–Crippen LogP) is 6.27. The van der Waals surface area contributed by atoms with Crippen molar-refractivity contribution in [2.75, 3.05) is 37.7 Å². The minimum absolute atomic E-state index is 0.00462. The smallest absolute Gasteiger partial charge is 0.410 e. The number of piperazine rings is 1. The molecular weight excluding hydrogens is 644 g/mol. The number of benzene rings is 2. The summed E-state index contributed by atoms with van der Waals surface area (Å²) in [5, 5.41) is 13.3. The zero-order valence-corrected chi connectivity index (χ0v) is 28.1.